The van der Waals surface area contributed by atoms with Crippen LogP contribution in [0.1, 0.15) is 62.9 Å². The molecule has 3 rings (SSSR count). The standard InChI is InChI=1S/C26H31Cl2NO3/c1-24(2,15-22(30)18-8-6-5-7-9-18)16-23(31)29-13-12-26(32,25(3,4)17-29)19-10-11-20(27)21(28)14-19/h5-11,14,32H,12-13,15-17H2,1-4H3. The molecule has 1 N–H and O–H groups in total. The number of nitrogens with zero attached hydrogens (tertiary/aromatic N) is 1. The van der Waals surface area contributed by atoms with Crippen molar-refractivity contribution in [2.75, 3.05) is 13.1 Å². The van der Waals surface area contributed by atoms with Gasteiger partial charge < -0.3 is 10.0 Å². The molecule has 1 saturated heterocycles. The number of carbonyl (C=O) groups is 2. The van der Waals surface area contributed by atoms with Gasteiger partial charge >= 0.3 is 0 Å². The summed E-state index contributed by atoms with van der Waals surface area (Å²) in [6.07, 6.45) is 0.965. The van der Waals surface area contributed by atoms with Gasteiger partial charge in [-0.3, -0.25) is 9.59 Å². The number of hydrogen-bond donors (Lipinski definition) is 1. The smallest absolute Gasteiger partial charge is 0.223 e. The number of aliphatic hydroxyl groups is 1. The van der Waals surface area contributed by atoms with Gasteiger partial charge in [0.2, 0.25) is 5.91 Å². The summed E-state index contributed by atoms with van der Waals surface area (Å²) in [6, 6.07) is 14.4. The van der Waals surface area contributed by atoms with Gasteiger partial charge in [-0.25, -0.2) is 0 Å². The van der Waals surface area contributed by atoms with Crippen LogP contribution in [0.4, 0.5) is 0 Å². The van der Waals surface area contributed by atoms with Gasteiger partial charge in [0.25, 0.3) is 0 Å². The maximum Gasteiger partial charge on any atom is 0.223 e. The van der Waals surface area contributed by atoms with E-state index in [2.05, 4.69) is 0 Å². The highest BCUT2D eigenvalue weighted by atomic mass is 35.5. The number of hydrogen-bond acceptors (Lipinski definition) is 3. The Morgan fingerprint density at radius 2 is 1.69 bits per heavy atom. The minimum absolute atomic E-state index is 0.000116. The Morgan fingerprint density at radius 1 is 1.03 bits per heavy atom. The summed E-state index contributed by atoms with van der Waals surface area (Å²) in [7, 11) is 0. The van der Waals surface area contributed by atoms with Crippen LogP contribution in [-0.4, -0.2) is 34.8 Å². The molecule has 0 aromatic heterocycles. The first kappa shape index (κ1) is 24.8. The molecule has 1 unspecified atom stereocenters. The van der Waals surface area contributed by atoms with Gasteiger partial charge in [0, 0.05) is 36.9 Å². The third kappa shape index (κ3) is 5.19. The molecule has 172 valence electrons. The number of rotatable bonds is 6. The highest BCUT2D eigenvalue weighted by Gasteiger charge is 2.50. The average Bonchev–Trinajstić information content (AvgIpc) is 2.71. The summed E-state index contributed by atoms with van der Waals surface area (Å²) in [5.74, 6) is 0.0384. The Hall–Kier alpha value is -1.88. The van der Waals surface area contributed by atoms with E-state index in [1.807, 2.05) is 45.9 Å². The molecule has 4 nitrogen and oxygen atoms in total. The lowest BCUT2D eigenvalue weighted by molar-refractivity contribution is -0.154. The molecule has 2 aromatic rings. The fourth-order valence-electron chi connectivity index (χ4n) is 4.57. The van der Waals surface area contributed by atoms with E-state index in [0.717, 1.165) is 0 Å². The fraction of sp³-hybridized carbons (Fsp3) is 0.462. The molecule has 1 heterocycles. The van der Waals surface area contributed by atoms with Gasteiger partial charge in [0.05, 0.1) is 15.6 Å². The second-order valence-corrected chi connectivity index (χ2v) is 11.1. The van der Waals surface area contributed by atoms with E-state index in [-0.39, 0.29) is 18.1 Å². The summed E-state index contributed by atoms with van der Waals surface area (Å²) in [4.78, 5) is 27.6. The van der Waals surface area contributed by atoms with Crippen LogP contribution in [0.15, 0.2) is 48.5 Å². The quantitative estimate of drug-likeness (QED) is 0.511. The SMILES string of the molecule is CC(C)(CC(=O)c1ccccc1)CC(=O)N1CCC(O)(c2ccc(Cl)c(Cl)c2)C(C)(C)C1. The summed E-state index contributed by atoms with van der Waals surface area (Å²) >= 11 is 12.2. The number of ketones is 1. The Balaban J connectivity index is 1.69. The van der Waals surface area contributed by atoms with E-state index in [1.54, 1.807) is 35.2 Å². The summed E-state index contributed by atoms with van der Waals surface area (Å²) in [5.41, 5.74) is -0.818. The van der Waals surface area contributed by atoms with Gasteiger partial charge in [-0.1, -0.05) is 87.3 Å². The van der Waals surface area contributed by atoms with Crippen LogP contribution in [0.5, 0.6) is 0 Å². The molecule has 0 aliphatic carbocycles. The summed E-state index contributed by atoms with van der Waals surface area (Å²) in [5, 5.41) is 12.4. The summed E-state index contributed by atoms with van der Waals surface area (Å²) in [6.45, 7) is 8.66. The van der Waals surface area contributed by atoms with Crippen molar-refractivity contribution in [3.05, 3.63) is 69.7 Å². The topological polar surface area (TPSA) is 57.6 Å². The van der Waals surface area contributed by atoms with Crippen molar-refractivity contribution < 1.29 is 14.7 Å². The van der Waals surface area contributed by atoms with Crippen LogP contribution in [0.3, 0.4) is 0 Å². The van der Waals surface area contributed by atoms with E-state index in [0.29, 0.717) is 47.1 Å². The fourth-order valence-corrected chi connectivity index (χ4v) is 4.87. The maximum atomic E-state index is 13.2. The molecule has 0 saturated carbocycles. The summed E-state index contributed by atoms with van der Waals surface area (Å²) < 4.78 is 0. The molecule has 1 atom stereocenters. The van der Waals surface area contributed by atoms with Crippen LogP contribution in [-0.2, 0) is 10.4 Å². The predicted octanol–water partition coefficient (Wildman–Crippen LogP) is 6.13. The maximum absolute atomic E-state index is 13.2. The minimum Gasteiger partial charge on any atom is -0.384 e. The third-order valence-corrected chi connectivity index (χ3v) is 7.30. The lowest BCUT2D eigenvalue weighted by atomic mass is 9.66. The van der Waals surface area contributed by atoms with Gasteiger partial charge in [-0.15, -0.1) is 0 Å². The molecular weight excluding hydrogens is 445 g/mol. The number of halogens is 2. The number of likely N-dealkylation sites (tertiary alicyclic amines) is 1. The first-order valence-electron chi connectivity index (χ1n) is 10.9. The highest BCUT2D eigenvalue weighted by molar-refractivity contribution is 6.42. The molecule has 0 bridgehead atoms. The molecule has 1 aliphatic rings. The molecular formula is C26H31Cl2NO3. The Bertz CT molecular complexity index is 1000. The van der Waals surface area contributed by atoms with Crippen LogP contribution in [0.2, 0.25) is 10.0 Å². The van der Waals surface area contributed by atoms with E-state index >= 15 is 0 Å². The van der Waals surface area contributed by atoms with E-state index in [9.17, 15) is 14.7 Å². The molecule has 1 amide bonds. The Kier molecular flexibility index (Phi) is 7.09. The zero-order valence-electron chi connectivity index (χ0n) is 19.1. The lowest BCUT2D eigenvalue weighted by Crippen LogP contribution is -2.57. The van der Waals surface area contributed by atoms with Crippen molar-refractivity contribution in [1.29, 1.82) is 0 Å². The monoisotopic (exact) mass is 475 g/mol. The molecule has 2 aromatic carbocycles. The van der Waals surface area contributed by atoms with E-state index < -0.39 is 16.4 Å². The van der Waals surface area contributed by atoms with E-state index in [4.69, 9.17) is 23.2 Å². The number of piperidine rings is 1. The van der Waals surface area contributed by atoms with Crippen molar-refractivity contribution >= 4 is 34.9 Å². The highest BCUT2D eigenvalue weighted by Crippen LogP contribution is 2.47. The normalized spacial score (nSPS) is 20.8. The van der Waals surface area contributed by atoms with E-state index in [1.165, 1.54) is 0 Å². The van der Waals surface area contributed by atoms with Crippen molar-refractivity contribution in [2.24, 2.45) is 10.8 Å². The van der Waals surface area contributed by atoms with Crippen molar-refractivity contribution in [3.63, 3.8) is 0 Å². The lowest BCUT2D eigenvalue weighted by Gasteiger charge is -2.51. The predicted molar refractivity (Wildman–Crippen MR) is 129 cm³/mol. The molecule has 6 heteroatoms. The first-order chi connectivity index (χ1) is 14.8. The second-order valence-electron chi connectivity index (χ2n) is 10.2. The van der Waals surface area contributed by atoms with Crippen LogP contribution < -0.4 is 0 Å². The molecule has 0 spiro atoms. The number of Topliss-reactive ketones (excluding diaryl/α,β-unsaturated/α-hetero) is 1. The molecule has 32 heavy (non-hydrogen) atoms. The van der Waals surface area contributed by atoms with Crippen molar-refractivity contribution in [3.8, 4) is 0 Å². The van der Waals surface area contributed by atoms with Crippen LogP contribution >= 0.6 is 23.2 Å². The molecule has 0 radical (unpaired) electrons. The minimum atomic E-state index is -1.13. The zero-order chi connectivity index (χ0) is 23.7. The van der Waals surface area contributed by atoms with Gasteiger partial charge in [-0.05, 0) is 29.5 Å². The van der Waals surface area contributed by atoms with Gasteiger partial charge in [-0.2, -0.15) is 0 Å². The molecule has 1 aliphatic heterocycles. The van der Waals surface area contributed by atoms with Gasteiger partial charge in [0.15, 0.2) is 5.78 Å². The Morgan fingerprint density at radius 3 is 2.28 bits per heavy atom. The number of benzene rings is 2. The zero-order valence-corrected chi connectivity index (χ0v) is 20.6. The Labute approximate surface area is 200 Å². The first-order valence-corrected chi connectivity index (χ1v) is 11.6. The van der Waals surface area contributed by atoms with Gasteiger partial charge in [0.1, 0.15) is 0 Å². The van der Waals surface area contributed by atoms with Crippen molar-refractivity contribution in [1.82, 2.24) is 4.90 Å². The van der Waals surface area contributed by atoms with Crippen LogP contribution in [0, 0.1) is 10.8 Å². The van der Waals surface area contributed by atoms with Crippen LogP contribution in [0.25, 0.3) is 0 Å². The third-order valence-electron chi connectivity index (χ3n) is 6.56. The second kappa shape index (κ2) is 9.17. The van der Waals surface area contributed by atoms with Crippen molar-refractivity contribution in [2.45, 2.75) is 52.6 Å². The number of amides is 1. The number of carbonyl (C=O) groups excluding carboxylic acids is 2. The molecule has 1 fully saturated rings. The largest absolute Gasteiger partial charge is 0.384 e. The average molecular weight is 476 g/mol.